The third-order valence-corrected chi connectivity index (χ3v) is 8.47. The maximum absolute atomic E-state index is 6.02. The first-order valence-corrected chi connectivity index (χ1v) is 13.2. The van der Waals surface area contributed by atoms with Gasteiger partial charge in [-0.05, 0) is 108 Å². The lowest BCUT2D eigenvalue weighted by Gasteiger charge is -2.46. The predicted molar refractivity (Wildman–Crippen MR) is 134 cm³/mol. The van der Waals surface area contributed by atoms with E-state index in [0.29, 0.717) is 17.5 Å². The first kappa shape index (κ1) is 27.0. The molecule has 31 heavy (non-hydrogen) atoms. The molecule has 3 rings (SSSR count). The Morgan fingerprint density at radius 3 is 1.23 bits per heavy atom. The van der Waals surface area contributed by atoms with Crippen molar-refractivity contribution in [2.75, 3.05) is 52.4 Å². The van der Waals surface area contributed by atoms with Crippen LogP contribution in [0, 0.1) is 17.3 Å². The minimum absolute atomic E-state index is 0.474. The molecular formula is C25H54N6. The summed E-state index contributed by atoms with van der Waals surface area (Å²) in [5.41, 5.74) is 23.5. The summed E-state index contributed by atoms with van der Waals surface area (Å²) in [6, 6.07) is 0.948. The number of rotatable bonds is 8. The Kier molecular flexibility index (Phi) is 12.3. The Morgan fingerprint density at radius 1 is 0.613 bits per heavy atom. The molecular weight excluding hydrogens is 384 g/mol. The van der Waals surface area contributed by atoms with E-state index in [2.05, 4.69) is 23.6 Å². The summed E-state index contributed by atoms with van der Waals surface area (Å²) in [4.78, 5) is 5.01. The fraction of sp³-hybridized carbons (Fsp3) is 1.00. The van der Waals surface area contributed by atoms with Gasteiger partial charge in [-0.2, -0.15) is 0 Å². The van der Waals surface area contributed by atoms with Crippen LogP contribution >= 0.6 is 0 Å². The van der Waals surface area contributed by atoms with E-state index in [9.17, 15) is 0 Å². The molecule has 1 aliphatic heterocycles. The zero-order valence-electron chi connectivity index (χ0n) is 20.7. The third kappa shape index (κ3) is 9.26. The lowest BCUT2D eigenvalue weighted by atomic mass is 9.60. The Bertz CT molecular complexity index is 407. The van der Waals surface area contributed by atoms with E-state index in [4.69, 9.17) is 22.9 Å². The van der Waals surface area contributed by atoms with E-state index in [1.807, 2.05) is 0 Å². The van der Waals surface area contributed by atoms with Crippen LogP contribution < -0.4 is 22.9 Å². The Hall–Kier alpha value is -0.240. The number of hydrogen-bond acceptors (Lipinski definition) is 6. The highest BCUT2D eigenvalue weighted by molar-refractivity contribution is 4.91. The highest BCUT2D eigenvalue weighted by atomic mass is 15.3. The lowest BCUT2D eigenvalue weighted by molar-refractivity contribution is 0.0523. The van der Waals surface area contributed by atoms with Gasteiger partial charge in [0, 0.05) is 38.3 Å². The smallest absolute Gasteiger partial charge is 0.0110 e. The van der Waals surface area contributed by atoms with E-state index >= 15 is 0 Å². The van der Waals surface area contributed by atoms with Crippen molar-refractivity contribution in [3.05, 3.63) is 0 Å². The highest BCUT2D eigenvalue weighted by Gasteiger charge is 2.39. The largest absolute Gasteiger partial charge is 0.330 e. The molecule has 6 nitrogen and oxygen atoms in total. The van der Waals surface area contributed by atoms with Gasteiger partial charge in [0.1, 0.15) is 0 Å². The molecule has 1 saturated heterocycles. The van der Waals surface area contributed by atoms with Crippen LogP contribution in [0.1, 0.15) is 78.1 Å². The minimum Gasteiger partial charge on any atom is -0.330 e. The van der Waals surface area contributed by atoms with Crippen molar-refractivity contribution < 1.29 is 0 Å². The van der Waals surface area contributed by atoms with Crippen LogP contribution in [0.15, 0.2) is 0 Å². The fourth-order valence-electron chi connectivity index (χ4n) is 5.93. The zero-order valence-corrected chi connectivity index (χ0v) is 20.7. The van der Waals surface area contributed by atoms with Gasteiger partial charge in [0.05, 0.1) is 0 Å². The molecule has 3 fully saturated rings. The van der Waals surface area contributed by atoms with Crippen molar-refractivity contribution in [3.8, 4) is 0 Å². The summed E-state index contributed by atoms with van der Waals surface area (Å²) in [6.07, 6.45) is 12.6. The van der Waals surface area contributed by atoms with Gasteiger partial charge in [-0.1, -0.05) is 13.8 Å². The highest BCUT2D eigenvalue weighted by Crippen LogP contribution is 2.47. The third-order valence-electron chi connectivity index (χ3n) is 8.47. The molecule has 8 N–H and O–H groups in total. The molecule has 0 spiro atoms. The molecule has 184 valence electrons. The summed E-state index contributed by atoms with van der Waals surface area (Å²) >= 11 is 0. The number of hydrogen-bond donors (Lipinski definition) is 4. The molecule has 0 aromatic rings. The van der Waals surface area contributed by atoms with Crippen LogP contribution in [0.5, 0.6) is 0 Å². The summed E-state index contributed by atoms with van der Waals surface area (Å²) in [5, 5.41) is 0. The van der Waals surface area contributed by atoms with Crippen molar-refractivity contribution in [1.29, 1.82) is 0 Å². The second-order valence-electron chi connectivity index (χ2n) is 11.0. The second-order valence-corrected chi connectivity index (χ2v) is 11.0. The molecule has 3 aliphatic rings. The molecule has 0 aromatic carbocycles. The van der Waals surface area contributed by atoms with E-state index in [0.717, 1.165) is 37.8 Å². The number of nitrogens with two attached hydrogens (primary N) is 4. The van der Waals surface area contributed by atoms with Gasteiger partial charge in [0.25, 0.3) is 0 Å². The van der Waals surface area contributed by atoms with Gasteiger partial charge < -0.3 is 32.7 Å². The zero-order chi connectivity index (χ0) is 22.7. The average molecular weight is 439 g/mol. The fourth-order valence-corrected chi connectivity index (χ4v) is 5.93. The van der Waals surface area contributed by atoms with Gasteiger partial charge in [-0.25, -0.2) is 0 Å². The minimum atomic E-state index is 0.474. The Balaban J connectivity index is 0.000000225. The van der Waals surface area contributed by atoms with E-state index < -0.39 is 0 Å². The molecule has 0 radical (unpaired) electrons. The van der Waals surface area contributed by atoms with E-state index in [1.54, 1.807) is 0 Å². The molecule has 6 heteroatoms. The van der Waals surface area contributed by atoms with Crippen LogP contribution in [0.3, 0.4) is 0 Å². The maximum Gasteiger partial charge on any atom is 0.0110 e. The van der Waals surface area contributed by atoms with E-state index in [1.165, 1.54) is 90.6 Å². The standard InChI is InChI=1S/C15H30N2.C10H24N4/c1-15(2,11-3-7-13(16)8-4-11)12-5-9-14(17)10-6-12;11-3-1-5-13-7-9-14(10-8-13)6-2-4-12/h11-14H,3-10,16-17H2,1-2H3;1-12H2. The van der Waals surface area contributed by atoms with Gasteiger partial charge in [0.15, 0.2) is 0 Å². The number of piperazine rings is 1. The van der Waals surface area contributed by atoms with Crippen LogP contribution in [-0.4, -0.2) is 74.2 Å². The van der Waals surface area contributed by atoms with Crippen molar-refractivity contribution >= 4 is 0 Å². The first-order valence-electron chi connectivity index (χ1n) is 13.2. The van der Waals surface area contributed by atoms with Crippen molar-refractivity contribution in [1.82, 2.24) is 9.80 Å². The van der Waals surface area contributed by atoms with Crippen LogP contribution in [-0.2, 0) is 0 Å². The van der Waals surface area contributed by atoms with Gasteiger partial charge in [-0.3, -0.25) is 0 Å². The molecule has 0 amide bonds. The second kappa shape index (κ2) is 14.1. The predicted octanol–water partition coefficient (Wildman–Crippen LogP) is 2.35. The molecule has 2 saturated carbocycles. The lowest BCUT2D eigenvalue weighted by Crippen LogP contribution is -2.47. The SMILES string of the molecule is CC(C)(C1CCC(N)CC1)C1CCC(N)CC1.NCCCN1CCN(CCCN)CC1. The molecule has 1 heterocycles. The quantitative estimate of drug-likeness (QED) is 0.463. The van der Waals surface area contributed by atoms with Crippen molar-refractivity contribution in [2.24, 2.45) is 40.2 Å². The Morgan fingerprint density at radius 2 is 0.935 bits per heavy atom. The van der Waals surface area contributed by atoms with Gasteiger partial charge >= 0.3 is 0 Å². The van der Waals surface area contributed by atoms with Crippen LogP contribution in [0.4, 0.5) is 0 Å². The maximum atomic E-state index is 6.02. The Labute approximate surface area is 192 Å². The molecule has 0 bridgehead atoms. The summed E-state index contributed by atoms with van der Waals surface area (Å²) < 4.78 is 0. The van der Waals surface area contributed by atoms with Crippen LogP contribution in [0.2, 0.25) is 0 Å². The summed E-state index contributed by atoms with van der Waals surface area (Å²) in [5.74, 6) is 1.78. The van der Waals surface area contributed by atoms with Gasteiger partial charge in [-0.15, -0.1) is 0 Å². The normalized spacial score (nSPS) is 31.2. The van der Waals surface area contributed by atoms with Crippen molar-refractivity contribution in [3.63, 3.8) is 0 Å². The molecule has 0 aromatic heterocycles. The van der Waals surface area contributed by atoms with Gasteiger partial charge in [0.2, 0.25) is 0 Å². The topological polar surface area (TPSA) is 111 Å². The molecule has 0 unspecified atom stereocenters. The molecule has 0 atom stereocenters. The van der Waals surface area contributed by atoms with E-state index in [-0.39, 0.29) is 0 Å². The monoisotopic (exact) mass is 438 g/mol. The van der Waals surface area contributed by atoms with Crippen LogP contribution in [0.25, 0.3) is 0 Å². The van der Waals surface area contributed by atoms with Crippen molar-refractivity contribution in [2.45, 2.75) is 90.1 Å². The first-order chi connectivity index (χ1) is 14.9. The number of nitrogens with zero attached hydrogens (tertiary/aromatic N) is 2. The summed E-state index contributed by atoms with van der Waals surface area (Å²) in [6.45, 7) is 13.7. The molecule has 2 aliphatic carbocycles. The summed E-state index contributed by atoms with van der Waals surface area (Å²) in [7, 11) is 0. The average Bonchev–Trinajstić information content (AvgIpc) is 2.78.